The second kappa shape index (κ2) is 9.58. The van der Waals surface area contributed by atoms with E-state index in [1.165, 1.54) is 6.26 Å². The molecule has 1 unspecified atom stereocenters. The molecule has 9 heteroatoms. The van der Waals surface area contributed by atoms with E-state index in [1.54, 1.807) is 24.3 Å². The fraction of sp³-hybridized carbons (Fsp3) is 0.600. The lowest BCUT2D eigenvalue weighted by atomic mass is 9.84. The Labute approximate surface area is 171 Å². The van der Waals surface area contributed by atoms with Gasteiger partial charge in [0.05, 0.1) is 18.1 Å². The van der Waals surface area contributed by atoms with Gasteiger partial charge in [0.1, 0.15) is 5.75 Å². The van der Waals surface area contributed by atoms with Crippen LogP contribution in [0.25, 0.3) is 0 Å². The van der Waals surface area contributed by atoms with Crippen molar-refractivity contribution < 1.29 is 22.8 Å². The highest BCUT2D eigenvalue weighted by molar-refractivity contribution is 7.90. The number of ether oxygens (including phenoxy) is 1. The van der Waals surface area contributed by atoms with Gasteiger partial charge in [-0.25, -0.2) is 8.42 Å². The number of aromatic nitrogens is 2. The number of anilines is 1. The van der Waals surface area contributed by atoms with Crippen molar-refractivity contribution in [1.82, 2.24) is 10.1 Å². The lowest BCUT2D eigenvalue weighted by Crippen LogP contribution is -2.36. The molecular weight excluding hydrogens is 394 g/mol. The normalized spacial score (nSPS) is 16.7. The molecular formula is C20H29N3O5S. The minimum absolute atomic E-state index is 0.0164. The zero-order chi connectivity index (χ0) is 20.9. The van der Waals surface area contributed by atoms with Gasteiger partial charge in [0.25, 0.3) is 0 Å². The first-order valence-electron chi connectivity index (χ1n) is 9.98. The van der Waals surface area contributed by atoms with Gasteiger partial charge >= 0.3 is 6.01 Å². The Balaban J connectivity index is 1.41. The molecule has 1 N–H and O–H groups in total. The molecule has 3 rings (SSSR count). The van der Waals surface area contributed by atoms with Gasteiger partial charge in [-0.2, -0.15) is 4.98 Å². The summed E-state index contributed by atoms with van der Waals surface area (Å²) in [6.07, 6.45) is 4.67. The third-order valence-corrected chi connectivity index (χ3v) is 6.63. The maximum absolute atomic E-state index is 11.5. The standard InChI is InChI=1S/C20H29N3O5S/c1-15(10-14-27-17-3-5-18(6-4-17)29(2,25)26)16-7-11-23(12-8-16)20-21-19(9-13-24)22-28-20/h3-6,15-16,24H,7-14H2,1-2H3. The van der Waals surface area contributed by atoms with Crippen molar-refractivity contribution in [2.75, 3.05) is 37.5 Å². The first-order valence-corrected chi connectivity index (χ1v) is 11.9. The van der Waals surface area contributed by atoms with Crippen LogP contribution >= 0.6 is 0 Å². The van der Waals surface area contributed by atoms with Crippen molar-refractivity contribution in [1.29, 1.82) is 0 Å². The van der Waals surface area contributed by atoms with Gasteiger partial charge in [0, 0.05) is 25.8 Å². The van der Waals surface area contributed by atoms with E-state index in [1.807, 2.05) is 0 Å². The van der Waals surface area contributed by atoms with Crippen LogP contribution in [0.2, 0.25) is 0 Å². The van der Waals surface area contributed by atoms with E-state index >= 15 is 0 Å². The molecule has 1 atom stereocenters. The topological polar surface area (TPSA) is 106 Å². The number of hydrogen-bond donors (Lipinski definition) is 1. The van der Waals surface area contributed by atoms with Crippen LogP contribution in [0.15, 0.2) is 33.7 Å². The number of aliphatic hydroxyl groups excluding tert-OH is 1. The smallest absolute Gasteiger partial charge is 0.324 e. The quantitative estimate of drug-likeness (QED) is 0.655. The molecule has 160 valence electrons. The second-order valence-electron chi connectivity index (χ2n) is 7.65. The molecule has 0 amide bonds. The summed E-state index contributed by atoms with van der Waals surface area (Å²) >= 11 is 0. The third kappa shape index (κ3) is 5.93. The molecule has 8 nitrogen and oxygen atoms in total. The molecule has 1 aromatic heterocycles. The molecule has 1 aliphatic heterocycles. The lowest BCUT2D eigenvalue weighted by molar-refractivity contribution is 0.220. The van der Waals surface area contributed by atoms with E-state index in [2.05, 4.69) is 22.0 Å². The minimum atomic E-state index is -3.18. The van der Waals surface area contributed by atoms with Gasteiger partial charge in [-0.1, -0.05) is 12.1 Å². The first-order chi connectivity index (χ1) is 13.9. The average molecular weight is 424 g/mol. The third-order valence-electron chi connectivity index (χ3n) is 5.50. The van der Waals surface area contributed by atoms with E-state index in [-0.39, 0.29) is 6.61 Å². The fourth-order valence-electron chi connectivity index (χ4n) is 3.62. The molecule has 1 fully saturated rings. The van der Waals surface area contributed by atoms with Crippen LogP contribution in [0.5, 0.6) is 5.75 Å². The summed E-state index contributed by atoms with van der Waals surface area (Å²) in [5.41, 5.74) is 0. The number of rotatable bonds is 9. The molecule has 0 spiro atoms. The van der Waals surface area contributed by atoms with Crippen LogP contribution < -0.4 is 9.64 Å². The van der Waals surface area contributed by atoms with Crippen molar-refractivity contribution in [3.05, 3.63) is 30.1 Å². The van der Waals surface area contributed by atoms with Gasteiger partial charge in [-0.15, -0.1) is 0 Å². The van der Waals surface area contributed by atoms with E-state index in [0.29, 0.717) is 47.3 Å². The van der Waals surface area contributed by atoms with Crippen molar-refractivity contribution >= 4 is 15.9 Å². The van der Waals surface area contributed by atoms with Crippen molar-refractivity contribution in [2.45, 2.75) is 37.5 Å². The Kier molecular flexibility index (Phi) is 7.13. The molecule has 0 bridgehead atoms. The lowest BCUT2D eigenvalue weighted by Gasteiger charge is -2.33. The molecule has 1 aliphatic rings. The Morgan fingerprint density at radius 1 is 1.28 bits per heavy atom. The van der Waals surface area contributed by atoms with Gasteiger partial charge in [0.2, 0.25) is 0 Å². The monoisotopic (exact) mass is 423 g/mol. The number of piperidine rings is 1. The van der Waals surface area contributed by atoms with Gasteiger partial charge < -0.3 is 19.3 Å². The van der Waals surface area contributed by atoms with Crippen molar-refractivity contribution in [3.8, 4) is 5.75 Å². The zero-order valence-electron chi connectivity index (χ0n) is 17.0. The zero-order valence-corrected chi connectivity index (χ0v) is 17.8. The van der Waals surface area contributed by atoms with Gasteiger partial charge in [-0.05, 0) is 55.4 Å². The molecule has 2 heterocycles. The predicted octanol–water partition coefficient (Wildman–Crippen LogP) is 2.33. The molecule has 0 aliphatic carbocycles. The van der Waals surface area contributed by atoms with E-state index in [9.17, 15) is 8.42 Å². The van der Waals surface area contributed by atoms with E-state index in [4.69, 9.17) is 14.4 Å². The maximum Gasteiger partial charge on any atom is 0.324 e. The number of nitrogens with zero attached hydrogens (tertiary/aromatic N) is 3. The largest absolute Gasteiger partial charge is 0.494 e. The predicted molar refractivity (Wildman–Crippen MR) is 109 cm³/mol. The van der Waals surface area contributed by atoms with Crippen LogP contribution in [0.3, 0.4) is 0 Å². The minimum Gasteiger partial charge on any atom is -0.494 e. The van der Waals surface area contributed by atoms with E-state index < -0.39 is 9.84 Å². The second-order valence-corrected chi connectivity index (χ2v) is 9.66. The summed E-state index contributed by atoms with van der Waals surface area (Å²) in [7, 11) is -3.18. The summed E-state index contributed by atoms with van der Waals surface area (Å²) in [6.45, 7) is 4.63. The van der Waals surface area contributed by atoms with Crippen LogP contribution in [-0.4, -0.2) is 56.2 Å². The molecule has 2 aromatic rings. The fourth-order valence-corrected chi connectivity index (χ4v) is 4.25. The van der Waals surface area contributed by atoms with Crippen LogP contribution in [0.4, 0.5) is 6.01 Å². The van der Waals surface area contributed by atoms with Crippen molar-refractivity contribution in [2.24, 2.45) is 11.8 Å². The Hall–Kier alpha value is -2.13. The van der Waals surface area contributed by atoms with Gasteiger partial charge in [-0.3, -0.25) is 0 Å². The van der Waals surface area contributed by atoms with E-state index in [0.717, 1.165) is 32.4 Å². The highest BCUT2D eigenvalue weighted by Gasteiger charge is 2.26. The molecule has 1 saturated heterocycles. The highest BCUT2D eigenvalue weighted by Crippen LogP contribution is 2.29. The molecule has 0 saturated carbocycles. The summed E-state index contributed by atoms with van der Waals surface area (Å²) in [5.74, 6) is 2.37. The summed E-state index contributed by atoms with van der Waals surface area (Å²) in [4.78, 5) is 6.74. The average Bonchev–Trinajstić information content (AvgIpc) is 3.17. The number of sulfone groups is 1. The Morgan fingerprint density at radius 3 is 2.59 bits per heavy atom. The van der Waals surface area contributed by atoms with Crippen molar-refractivity contribution in [3.63, 3.8) is 0 Å². The summed E-state index contributed by atoms with van der Waals surface area (Å²) in [6, 6.07) is 7.10. The first kappa shape index (κ1) is 21.6. The molecule has 0 radical (unpaired) electrons. The maximum atomic E-state index is 11.5. The summed E-state index contributed by atoms with van der Waals surface area (Å²) in [5, 5.41) is 12.8. The van der Waals surface area contributed by atoms with Gasteiger partial charge in [0.15, 0.2) is 15.7 Å². The molecule has 29 heavy (non-hydrogen) atoms. The molecule has 1 aromatic carbocycles. The number of aliphatic hydroxyl groups is 1. The SMILES string of the molecule is CC(CCOc1ccc(S(C)(=O)=O)cc1)C1CCN(c2nc(CCO)no2)CC1. The Morgan fingerprint density at radius 2 is 1.97 bits per heavy atom. The van der Waals surface area contributed by atoms with Crippen LogP contribution in [-0.2, 0) is 16.3 Å². The van der Waals surface area contributed by atoms with Crippen LogP contribution in [0, 0.1) is 11.8 Å². The van der Waals surface area contributed by atoms with Crippen LogP contribution in [0.1, 0.15) is 32.0 Å². The highest BCUT2D eigenvalue weighted by atomic mass is 32.2. The Bertz CT molecular complexity index is 874. The number of benzene rings is 1. The number of hydrogen-bond acceptors (Lipinski definition) is 8. The summed E-state index contributed by atoms with van der Waals surface area (Å²) < 4.78 is 34.1.